The van der Waals surface area contributed by atoms with E-state index in [1.165, 1.54) is 0 Å². The van der Waals surface area contributed by atoms with Gasteiger partial charge >= 0.3 is 0 Å². The number of aryl methyl sites for hydroxylation is 1. The molecule has 13 heavy (non-hydrogen) atoms. The second kappa shape index (κ2) is 3.30. The molecule has 0 spiro atoms. The zero-order valence-corrected chi connectivity index (χ0v) is 8.04. The van der Waals surface area contributed by atoms with Crippen molar-refractivity contribution in [2.45, 2.75) is 6.85 Å². The predicted octanol–water partition coefficient (Wildman–Crippen LogP) is 2.34. The molecule has 0 unspecified atom stereocenters. The molecule has 3 nitrogen and oxygen atoms in total. The summed E-state index contributed by atoms with van der Waals surface area (Å²) in [4.78, 5) is 7.60. The Kier molecular flexibility index (Phi) is 1.11. The van der Waals surface area contributed by atoms with Gasteiger partial charge in [-0.3, -0.25) is 0 Å². The van der Waals surface area contributed by atoms with Crippen LogP contribution in [-0.4, -0.2) is 14.5 Å². The molecule has 66 valence electrons. The third-order valence-corrected chi connectivity index (χ3v) is 2.07. The Morgan fingerprint density at radius 3 is 3.23 bits per heavy atom. The molecule has 0 aliphatic rings. The number of pyridine rings is 1. The minimum Gasteiger partial charge on any atom is -0.303 e. The summed E-state index contributed by atoms with van der Waals surface area (Å²) >= 11 is 3.19. The van der Waals surface area contributed by atoms with Crippen LogP contribution in [0, 0.1) is 6.85 Å². The third-order valence-electron chi connectivity index (χ3n) is 1.46. The van der Waals surface area contributed by atoms with Gasteiger partial charge in [0.1, 0.15) is 5.97 Å². The van der Waals surface area contributed by atoms with Crippen LogP contribution in [0.15, 0.2) is 35.4 Å². The van der Waals surface area contributed by atoms with Gasteiger partial charge in [-0.1, -0.05) is 0 Å². The molecule has 4 heteroatoms. The third kappa shape index (κ3) is 1.62. The highest BCUT2D eigenvalue weighted by atomic mass is 79.9. The summed E-state index contributed by atoms with van der Waals surface area (Å²) in [6.07, 6.45) is 0.913. The van der Waals surface area contributed by atoms with E-state index in [0.717, 1.165) is 4.57 Å². The molecular weight excluding hydrogens is 230 g/mol. The highest BCUT2D eigenvalue weighted by Crippen LogP contribution is 2.17. The van der Waals surface area contributed by atoms with Crippen LogP contribution in [0.2, 0.25) is 0 Å². The van der Waals surface area contributed by atoms with Gasteiger partial charge in [0.25, 0.3) is 0 Å². The van der Waals surface area contributed by atoms with Crippen molar-refractivity contribution in [1.29, 1.82) is 0 Å². The van der Waals surface area contributed by atoms with Crippen LogP contribution in [-0.2, 0) is 0 Å². The van der Waals surface area contributed by atoms with Crippen LogP contribution in [0.4, 0.5) is 0 Å². The number of rotatable bonds is 1. The SMILES string of the molecule is [2H]c1nc(C([2H])([2H])[2H])c([2H])n1-c1cccnc1Br. The Morgan fingerprint density at radius 2 is 2.54 bits per heavy atom. The van der Waals surface area contributed by atoms with Crippen molar-refractivity contribution in [3.8, 4) is 5.69 Å². The summed E-state index contributed by atoms with van der Waals surface area (Å²) in [7, 11) is 0. The smallest absolute Gasteiger partial charge is 0.130 e. The molecule has 0 aliphatic heterocycles. The van der Waals surface area contributed by atoms with E-state index in [2.05, 4.69) is 25.9 Å². The number of halogens is 1. The standard InChI is InChI=1S/C9H8BrN3/c1-7-5-13(6-12-7)8-3-2-4-11-9(8)10/h2-6H,1H3/i1D3,5D,6D. The molecular formula is C9H8BrN3. The van der Waals surface area contributed by atoms with Crippen molar-refractivity contribution in [3.63, 3.8) is 0 Å². The van der Waals surface area contributed by atoms with Crippen molar-refractivity contribution < 1.29 is 6.85 Å². The van der Waals surface area contributed by atoms with Gasteiger partial charge in [0, 0.05) is 16.5 Å². The molecule has 0 fully saturated rings. The molecule has 0 saturated heterocycles. The molecule has 0 aromatic carbocycles. The Balaban J connectivity index is 2.67. The molecule has 0 N–H and O–H groups in total. The van der Waals surface area contributed by atoms with E-state index in [4.69, 9.17) is 6.85 Å². The zero-order valence-electron chi connectivity index (χ0n) is 11.5. The summed E-state index contributed by atoms with van der Waals surface area (Å²) in [6.45, 7) is -2.51. The van der Waals surface area contributed by atoms with Gasteiger partial charge in [0.15, 0.2) is 0 Å². The zero-order chi connectivity index (χ0) is 13.5. The maximum Gasteiger partial charge on any atom is 0.130 e. The van der Waals surface area contributed by atoms with E-state index in [9.17, 15) is 0 Å². The second-order valence-electron chi connectivity index (χ2n) is 2.32. The van der Waals surface area contributed by atoms with Gasteiger partial charge in [-0.25, -0.2) is 9.97 Å². The fourth-order valence-corrected chi connectivity index (χ4v) is 1.34. The highest BCUT2D eigenvalue weighted by Gasteiger charge is 2.01. The van der Waals surface area contributed by atoms with Crippen LogP contribution < -0.4 is 0 Å². The molecule has 0 amide bonds. The van der Waals surface area contributed by atoms with Crippen LogP contribution >= 0.6 is 15.9 Å². The van der Waals surface area contributed by atoms with Crippen molar-refractivity contribution in [2.24, 2.45) is 0 Å². The average molecular weight is 243 g/mol. The van der Waals surface area contributed by atoms with Gasteiger partial charge in [0.05, 0.1) is 19.1 Å². The first-order chi connectivity index (χ1) is 8.32. The number of hydrogen-bond acceptors (Lipinski definition) is 2. The van der Waals surface area contributed by atoms with E-state index in [1.807, 2.05) is 0 Å². The molecule has 0 bridgehead atoms. The highest BCUT2D eigenvalue weighted by molar-refractivity contribution is 9.10. The summed E-state index contributed by atoms with van der Waals surface area (Å²) in [5.74, 6) is 0. The molecule has 0 radical (unpaired) electrons. The summed E-state index contributed by atoms with van der Waals surface area (Å²) in [5, 5.41) is 0. The maximum atomic E-state index is 7.83. The van der Waals surface area contributed by atoms with Gasteiger partial charge < -0.3 is 4.57 Å². The number of aromatic nitrogens is 3. The Morgan fingerprint density at radius 1 is 1.62 bits per heavy atom. The van der Waals surface area contributed by atoms with Crippen LogP contribution in [0.1, 0.15) is 12.5 Å². The predicted molar refractivity (Wildman–Crippen MR) is 53.8 cm³/mol. The maximum absolute atomic E-state index is 7.83. The van der Waals surface area contributed by atoms with Gasteiger partial charge in [0.2, 0.25) is 0 Å². The van der Waals surface area contributed by atoms with Crippen molar-refractivity contribution >= 4 is 15.9 Å². The van der Waals surface area contributed by atoms with Crippen molar-refractivity contribution in [2.75, 3.05) is 0 Å². The van der Waals surface area contributed by atoms with E-state index in [0.29, 0.717) is 10.3 Å². The van der Waals surface area contributed by atoms with Crippen LogP contribution in [0.5, 0.6) is 0 Å². The minimum atomic E-state index is -2.51. The van der Waals surface area contributed by atoms with Gasteiger partial charge in [-0.15, -0.1) is 0 Å². The fraction of sp³-hybridized carbons (Fsp3) is 0.111. The lowest BCUT2D eigenvalue weighted by molar-refractivity contribution is 1.02. The largest absolute Gasteiger partial charge is 0.303 e. The number of imidazole rings is 1. The Hall–Kier alpha value is -1.16. The first kappa shape index (κ1) is 4.37. The van der Waals surface area contributed by atoms with E-state index in [1.54, 1.807) is 18.3 Å². The molecule has 2 rings (SSSR count). The van der Waals surface area contributed by atoms with Gasteiger partial charge in [-0.2, -0.15) is 0 Å². The molecule has 0 atom stereocenters. The average Bonchev–Trinajstić information content (AvgIpc) is 2.55. The quantitative estimate of drug-likeness (QED) is 0.719. The summed E-state index contributed by atoms with van der Waals surface area (Å²) < 4.78 is 38.9. The monoisotopic (exact) mass is 242 g/mol. The molecule has 2 aromatic heterocycles. The topological polar surface area (TPSA) is 30.7 Å². The lowest BCUT2D eigenvalue weighted by Gasteiger charge is -2.02. The normalized spacial score (nSPS) is 16.8. The lowest BCUT2D eigenvalue weighted by atomic mass is 10.4. The van der Waals surface area contributed by atoms with Crippen LogP contribution in [0.25, 0.3) is 5.69 Å². The fourth-order valence-electron chi connectivity index (χ4n) is 0.914. The molecule has 2 aromatic rings. The number of hydrogen-bond donors (Lipinski definition) is 0. The van der Waals surface area contributed by atoms with Crippen LogP contribution in [0.3, 0.4) is 0 Å². The van der Waals surface area contributed by atoms with Gasteiger partial charge in [-0.05, 0) is 34.9 Å². The first-order valence-electron chi connectivity index (χ1n) is 5.99. The lowest BCUT2D eigenvalue weighted by Crippen LogP contribution is -1.92. The summed E-state index contributed by atoms with van der Waals surface area (Å²) in [6, 6.07) is 3.26. The van der Waals surface area contributed by atoms with E-state index >= 15 is 0 Å². The first-order valence-corrected chi connectivity index (χ1v) is 4.29. The molecule has 2 heterocycles. The second-order valence-corrected chi connectivity index (χ2v) is 3.07. The summed E-state index contributed by atoms with van der Waals surface area (Å²) in [5.41, 5.74) is 0.0266. The number of nitrogens with zero attached hydrogens (tertiary/aromatic N) is 3. The molecule has 0 saturated carbocycles. The van der Waals surface area contributed by atoms with Crippen molar-refractivity contribution in [3.05, 3.63) is 41.1 Å². The minimum absolute atomic E-state index is 0.306. The van der Waals surface area contributed by atoms with Crippen molar-refractivity contribution in [1.82, 2.24) is 14.5 Å². The van der Waals surface area contributed by atoms with E-state index < -0.39 is 6.85 Å². The molecule has 0 aliphatic carbocycles. The Labute approximate surface area is 91.6 Å². The van der Waals surface area contributed by atoms with E-state index in [-0.39, 0.29) is 18.2 Å². The Bertz CT molecular complexity index is 592.